The van der Waals surface area contributed by atoms with Crippen molar-refractivity contribution in [3.63, 3.8) is 0 Å². The van der Waals surface area contributed by atoms with Crippen molar-refractivity contribution in [2.75, 3.05) is 39.3 Å². The lowest BCUT2D eigenvalue weighted by molar-refractivity contribution is -0.00254. The maximum atomic E-state index is 12.9. The smallest absolute Gasteiger partial charge is 0.254 e. The first-order chi connectivity index (χ1) is 13.3. The summed E-state index contributed by atoms with van der Waals surface area (Å²) >= 11 is 0. The van der Waals surface area contributed by atoms with Crippen LogP contribution in [0.1, 0.15) is 42.5 Å². The van der Waals surface area contributed by atoms with Crippen molar-refractivity contribution >= 4 is 16.8 Å². The van der Waals surface area contributed by atoms with E-state index in [-0.39, 0.29) is 5.91 Å². The minimum absolute atomic E-state index is 0.178. The number of amides is 1. The van der Waals surface area contributed by atoms with Gasteiger partial charge in [0.15, 0.2) is 0 Å². The summed E-state index contributed by atoms with van der Waals surface area (Å²) in [5.41, 5.74) is 1.87. The molecule has 144 valence electrons. The van der Waals surface area contributed by atoms with Crippen LogP contribution in [0, 0.1) is 0 Å². The molecular formula is C22H30N4O. The zero-order valence-electron chi connectivity index (χ0n) is 16.1. The fourth-order valence-electron chi connectivity index (χ4n) is 5.21. The number of carbonyl (C=O) groups excluding carboxylic acids is 1. The van der Waals surface area contributed by atoms with Gasteiger partial charge in [-0.3, -0.25) is 14.6 Å². The van der Waals surface area contributed by atoms with Crippen molar-refractivity contribution in [1.29, 1.82) is 0 Å². The summed E-state index contributed by atoms with van der Waals surface area (Å²) in [6.07, 6.45) is 8.97. The van der Waals surface area contributed by atoms with Crippen molar-refractivity contribution in [1.82, 2.24) is 19.7 Å². The molecule has 2 aliphatic heterocycles. The number of likely N-dealkylation sites (tertiary alicyclic amines) is 1. The second-order valence-corrected chi connectivity index (χ2v) is 8.47. The summed E-state index contributed by atoms with van der Waals surface area (Å²) in [5.74, 6) is 0.178. The Labute approximate surface area is 161 Å². The van der Waals surface area contributed by atoms with Gasteiger partial charge in [-0.15, -0.1) is 0 Å². The van der Waals surface area contributed by atoms with Crippen LogP contribution in [0.2, 0.25) is 0 Å². The molecule has 1 aromatic carbocycles. The molecular weight excluding hydrogens is 336 g/mol. The SMILES string of the molecule is O=C(c1cccc2[nH]ccc12)N1CC(N2CCN(C3CCCCC3)CC2)C1. The molecule has 0 radical (unpaired) electrons. The van der Waals surface area contributed by atoms with Gasteiger partial charge in [-0.05, 0) is 31.0 Å². The number of aromatic amines is 1. The summed E-state index contributed by atoms with van der Waals surface area (Å²) in [6.45, 7) is 6.49. The standard InChI is InChI=1S/C22H30N4O/c27-22(20-7-4-8-21-19(20)9-10-23-21)26-15-18(16-26)25-13-11-24(12-14-25)17-5-2-1-3-6-17/h4,7-10,17-18,23H,1-3,5-6,11-16H2. The van der Waals surface area contributed by atoms with Gasteiger partial charge >= 0.3 is 0 Å². The van der Waals surface area contributed by atoms with Gasteiger partial charge < -0.3 is 9.88 Å². The van der Waals surface area contributed by atoms with Crippen LogP contribution in [0.25, 0.3) is 10.9 Å². The lowest BCUT2D eigenvalue weighted by Crippen LogP contribution is -2.64. The van der Waals surface area contributed by atoms with Crippen LogP contribution in [0.15, 0.2) is 30.5 Å². The fraction of sp³-hybridized carbons (Fsp3) is 0.591. The average Bonchev–Trinajstić information content (AvgIpc) is 3.17. The van der Waals surface area contributed by atoms with Crippen molar-refractivity contribution in [3.05, 3.63) is 36.0 Å². The first kappa shape index (κ1) is 17.3. The zero-order valence-corrected chi connectivity index (χ0v) is 16.1. The number of fused-ring (bicyclic) bond motifs is 1. The van der Waals surface area contributed by atoms with E-state index >= 15 is 0 Å². The molecule has 27 heavy (non-hydrogen) atoms. The highest BCUT2D eigenvalue weighted by Crippen LogP contribution is 2.26. The Morgan fingerprint density at radius 2 is 1.59 bits per heavy atom. The Hall–Kier alpha value is -1.85. The van der Waals surface area contributed by atoms with Gasteiger partial charge in [-0.2, -0.15) is 0 Å². The van der Waals surface area contributed by atoms with Gasteiger partial charge in [0.05, 0.1) is 0 Å². The lowest BCUT2D eigenvalue weighted by atomic mass is 9.93. The van der Waals surface area contributed by atoms with Crippen molar-refractivity contribution in [2.45, 2.75) is 44.2 Å². The van der Waals surface area contributed by atoms with Crippen LogP contribution in [0.3, 0.4) is 0 Å². The third kappa shape index (κ3) is 3.27. The number of nitrogens with one attached hydrogen (secondary N) is 1. The first-order valence-electron chi connectivity index (χ1n) is 10.6. The van der Waals surface area contributed by atoms with Crippen molar-refractivity contribution < 1.29 is 4.79 Å². The van der Waals surface area contributed by atoms with Gasteiger partial charge in [0.25, 0.3) is 5.91 Å². The highest BCUT2D eigenvalue weighted by Gasteiger charge is 2.37. The van der Waals surface area contributed by atoms with Gasteiger partial charge in [0.1, 0.15) is 0 Å². The van der Waals surface area contributed by atoms with Crippen LogP contribution in [0.5, 0.6) is 0 Å². The van der Waals surface area contributed by atoms with E-state index in [1.807, 2.05) is 35.4 Å². The maximum Gasteiger partial charge on any atom is 0.254 e. The number of benzene rings is 1. The molecule has 0 bridgehead atoms. The molecule has 3 fully saturated rings. The number of piperazine rings is 1. The molecule has 2 aromatic rings. The number of H-pyrrole nitrogens is 1. The second kappa shape index (κ2) is 7.28. The molecule has 1 saturated carbocycles. The number of carbonyl (C=O) groups is 1. The summed E-state index contributed by atoms with van der Waals surface area (Å²) < 4.78 is 0. The molecule has 3 aliphatic rings. The number of aromatic nitrogens is 1. The van der Waals surface area contributed by atoms with Crippen LogP contribution in [0.4, 0.5) is 0 Å². The average molecular weight is 367 g/mol. The Morgan fingerprint density at radius 1 is 0.889 bits per heavy atom. The predicted octanol–water partition coefficient (Wildman–Crippen LogP) is 2.94. The lowest BCUT2D eigenvalue weighted by Gasteiger charge is -2.49. The minimum Gasteiger partial charge on any atom is -0.361 e. The van der Waals surface area contributed by atoms with E-state index in [0.29, 0.717) is 6.04 Å². The molecule has 1 aliphatic carbocycles. The molecule has 0 atom stereocenters. The summed E-state index contributed by atoms with van der Waals surface area (Å²) in [6, 6.07) is 9.33. The van der Waals surface area contributed by atoms with Crippen LogP contribution < -0.4 is 0 Å². The molecule has 2 saturated heterocycles. The molecule has 5 heteroatoms. The quantitative estimate of drug-likeness (QED) is 0.908. The van der Waals surface area contributed by atoms with E-state index in [0.717, 1.165) is 48.7 Å². The van der Waals surface area contributed by atoms with Gasteiger partial charge in [0.2, 0.25) is 0 Å². The second-order valence-electron chi connectivity index (χ2n) is 8.47. The molecule has 1 N–H and O–H groups in total. The van der Waals surface area contributed by atoms with Crippen molar-refractivity contribution in [2.24, 2.45) is 0 Å². The molecule has 1 amide bonds. The fourth-order valence-corrected chi connectivity index (χ4v) is 5.21. The molecule has 5 rings (SSSR count). The number of hydrogen-bond acceptors (Lipinski definition) is 3. The normalized spacial score (nSPS) is 23.6. The van der Waals surface area contributed by atoms with Crippen LogP contribution in [-0.2, 0) is 0 Å². The molecule has 3 heterocycles. The van der Waals surface area contributed by atoms with E-state index in [1.54, 1.807) is 0 Å². The topological polar surface area (TPSA) is 42.6 Å². The van der Waals surface area contributed by atoms with E-state index in [1.165, 1.54) is 45.2 Å². The van der Waals surface area contributed by atoms with Gasteiger partial charge in [-0.25, -0.2) is 0 Å². The largest absolute Gasteiger partial charge is 0.361 e. The summed E-state index contributed by atoms with van der Waals surface area (Å²) in [5, 5.41) is 1.03. The van der Waals surface area contributed by atoms with Gasteiger partial charge in [0, 0.05) is 74.0 Å². The number of nitrogens with zero attached hydrogens (tertiary/aromatic N) is 3. The van der Waals surface area contributed by atoms with Crippen LogP contribution >= 0.6 is 0 Å². The molecule has 0 spiro atoms. The highest BCUT2D eigenvalue weighted by molar-refractivity contribution is 6.06. The molecule has 5 nitrogen and oxygen atoms in total. The maximum absolute atomic E-state index is 12.9. The highest BCUT2D eigenvalue weighted by atomic mass is 16.2. The Balaban J connectivity index is 1.15. The third-order valence-electron chi connectivity index (χ3n) is 6.93. The van der Waals surface area contributed by atoms with E-state index in [2.05, 4.69) is 14.8 Å². The summed E-state index contributed by atoms with van der Waals surface area (Å²) in [7, 11) is 0. The van der Waals surface area contributed by atoms with Gasteiger partial charge in [-0.1, -0.05) is 25.3 Å². The van der Waals surface area contributed by atoms with E-state index < -0.39 is 0 Å². The summed E-state index contributed by atoms with van der Waals surface area (Å²) in [4.78, 5) is 23.5. The van der Waals surface area contributed by atoms with E-state index in [4.69, 9.17) is 0 Å². The monoisotopic (exact) mass is 366 g/mol. The number of hydrogen-bond donors (Lipinski definition) is 1. The minimum atomic E-state index is 0.178. The van der Waals surface area contributed by atoms with Crippen LogP contribution in [-0.4, -0.2) is 76.9 Å². The Kier molecular flexibility index (Phi) is 4.66. The van der Waals surface area contributed by atoms with Crippen molar-refractivity contribution in [3.8, 4) is 0 Å². The Bertz CT molecular complexity index is 796. The number of rotatable bonds is 3. The first-order valence-corrected chi connectivity index (χ1v) is 10.6. The third-order valence-corrected chi connectivity index (χ3v) is 6.93. The van der Waals surface area contributed by atoms with E-state index in [9.17, 15) is 4.79 Å². The molecule has 0 unspecified atom stereocenters. The zero-order chi connectivity index (χ0) is 18.2. The molecule has 1 aromatic heterocycles. The predicted molar refractivity (Wildman–Crippen MR) is 108 cm³/mol. The Morgan fingerprint density at radius 3 is 2.33 bits per heavy atom.